The first-order valence-corrected chi connectivity index (χ1v) is 9.97. The van der Waals surface area contributed by atoms with E-state index in [1.54, 1.807) is 24.3 Å². The number of fused-ring (bicyclic) bond motifs is 2. The maximum Gasteiger partial charge on any atom is 0.338 e. The van der Waals surface area contributed by atoms with Crippen LogP contribution in [0.3, 0.4) is 0 Å². The SMILES string of the molecule is CCCOC(=O)c1ccc(NC(=O)C[NH2+][C@H](C)[C@H]2C[C@H]3CC[C@@H]2C3)cc1. The third-order valence-electron chi connectivity index (χ3n) is 5.98. The number of hydrogen-bond acceptors (Lipinski definition) is 3. The van der Waals surface area contributed by atoms with Crippen molar-refractivity contribution < 1.29 is 19.6 Å². The van der Waals surface area contributed by atoms with E-state index in [2.05, 4.69) is 17.6 Å². The average Bonchev–Trinajstić information content (AvgIpc) is 3.28. The number of benzene rings is 1. The Balaban J connectivity index is 1.42. The Labute approximate surface area is 155 Å². The summed E-state index contributed by atoms with van der Waals surface area (Å²) in [5.41, 5.74) is 1.22. The van der Waals surface area contributed by atoms with Crippen LogP contribution in [0.1, 0.15) is 56.3 Å². The summed E-state index contributed by atoms with van der Waals surface area (Å²) < 4.78 is 5.10. The molecule has 2 aliphatic carbocycles. The van der Waals surface area contributed by atoms with E-state index in [-0.39, 0.29) is 11.9 Å². The van der Waals surface area contributed by atoms with E-state index >= 15 is 0 Å². The lowest BCUT2D eigenvalue weighted by atomic mass is 9.84. The second kappa shape index (κ2) is 8.67. The molecule has 3 N–H and O–H groups in total. The third-order valence-corrected chi connectivity index (χ3v) is 5.98. The van der Waals surface area contributed by atoms with Crippen LogP contribution in [0.5, 0.6) is 0 Å². The van der Waals surface area contributed by atoms with Crippen LogP contribution in [0.25, 0.3) is 0 Å². The number of nitrogens with two attached hydrogens (primary N) is 1. The Morgan fingerprint density at radius 3 is 2.62 bits per heavy atom. The van der Waals surface area contributed by atoms with Crippen LogP contribution >= 0.6 is 0 Å². The highest BCUT2D eigenvalue weighted by Crippen LogP contribution is 2.48. The molecule has 2 bridgehead atoms. The second-order valence-corrected chi connectivity index (χ2v) is 7.90. The van der Waals surface area contributed by atoms with Crippen LogP contribution in [-0.4, -0.2) is 31.1 Å². The molecular weight excluding hydrogens is 328 g/mol. The largest absolute Gasteiger partial charge is 0.462 e. The Morgan fingerprint density at radius 2 is 2.00 bits per heavy atom. The summed E-state index contributed by atoms with van der Waals surface area (Å²) in [5, 5.41) is 5.09. The van der Waals surface area contributed by atoms with Gasteiger partial charge in [-0.3, -0.25) is 4.79 Å². The van der Waals surface area contributed by atoms with Crippen molar-refractivity contribution >= 4 is 17.6 Å². The number of quaternary nitrogens is 1. The maximum atomic E-state index is 12.2. The van der Waals surface area contributed by atoms with Gasteiger partial charge in [-0.1, -0.05) is 13.3 Å². The van der Waals surface area contributed by atoms with Crippen molar-refractivity contribution in [3.05, 3.63) is 29.8 Å². The summed E-state index contributed by atoms with van der Waals surface area (Å²) in [6.07, 6.45) is 6.35. The van der Waals surface area contributed by atoms with E-state index in [4.69, 9.17) is 4.74 Å². The zero-order chi connectivity index (χ0) is 18.5. The maximum absolute atomic E-state index is 12.2. The Morgan fingerprint density at radius 1 is 1.23 bits per heavy atom. The van der Waals surface area contributed by atoms with E-state index in [1.807, 2.05) is 6.92 Å². The zero-order valence-electron chi connectivity index (χ0n) is 15.9. The van der Waals surface area contributed by atoms with Crippen molar-refractivity contribution in [3.8, 4) is 0 Å². The van der Waals surface area contributed by atoms with Gasteiger partial charge in [0.15, 0.2) is 6.54 Å². The molecular formula is C21H31N2O3+. The van der Waals surface area contributed by atoms with Crippen LogP contribution in [-0.2, 0) is 9.53 Å². The fourth-order valence-electron chi connectivity index (χ4n) is 4.59. The predicted octanol–water partition coefficient (Wildman–Crippen LogP) is 2.58. The van der Waals surface area contributed by atoms with Gasteiger partial charge in [0.2, 0.25) is 0 Å². The van der Waals surface area contributed by atoms with Crippen molar-refractivity contribution in [1.29, 1.82) is 0 Å². The molecule has 5 nitrogen and oxygen atoms in total. The van der Waals surface area contributed by atoms with Gasteiger partial charge < -0.3 is 15.4 Å². The molecule has 26 heavy (non-hydrogen) atoms. The molecule has 2 saturated carbocycles. The van der Waals surface area contributed by atoms with Crippen LogP contribution in [0.2, 0.25) is 0 Å². The molecule has 4 atom stereocenters. The zero-order valence-corrected chi connectivity index (χ0v) is 15.9. The molecule has 3 rings (SSSR count). The number of ether oxygens (including phenoxy) is 1. The quantitative estimate of drug-likeness (QED) is 0.701. The lowest BCUT2D eigenvalue weighted by Crippen LogP contribution is -2.92. The van der Waals surface area contributed by atoms with Gasteiger partial charge >= 0.3 is 5.97 Å². The molecule has 1 aromatic carbocycles. The summed E-state index contributed by atoms with van der Waals surface area (Å²) in [4.78, 5) is 24.0. The summed E-state index contributed by atoms with van der Waals surface area (Å²) in [7, 11) is 0. The lowest BCUT2D eigenvalue weighted by Gasteiger charge is -2.25. The molecule has 0 spiro atoms. The van der Waals surface area contributed by atoms with Gasteiger partial charge in [0.25, 0.3) is 5.91 Å². The normalized spacial score (nSPS) is 25.1. The van der Waals surface area contributed by atoms with Crippen molar-refractivity contribution in [2.24, 2.45) is 17.8 Å². The molecule has 0 saturated heterocycles. The van der Waals surface area contributed by atoms with Gasteiger partial charge in [0.1, 0.15) is 0 Å². The monoisotopic (exact) mass is 359 g/mol. The van der Waals surface area contributed by atoms with Gasteiger partial charge in [-0.25, -0.2) is 4.79 Å². The van der Waals surface area contributed by atoms with Gasteiger partial charge in [0.05, 0.1) is 18.2 Å². The first-order valence-electron chi connectivity index (χ1n) is 9.97. The molecule has 142 valence electrons. The van der Waals surface area contributed by atoms with Crippen LogP contribution in [0, 0.1) is 17.8 Å². The van der Waals surface area contributed by atoms with E-state index in [0.29, 0.717) is 30.4 Å². The highest BCUT2D eigenvalue weighted by Gasteiger charge is 2.43. The minimum atomic E-state index is -0.322. The minimum absolute atomic E-state index is 0.00122. The summed E-state index contributed by atoms with van der Waals surface area (Å²) in [6.45, 7) is 5.08. The highest BCUT2D eigenvalue weighted by atomic mass is 16.5. The van der Waals surface area contributed by atoms with E-state index in [0.717, 1.165) is 24.2 Å². The van der Waals surface area contributed by atoms with Crippen LogP contribution in [0.15, 0.2) is 24.3 Å². The van der Waals surface area contributed by atoms with Crippen LogP contribution in [0.4, 0.5) is 5.69 Å². The topological polar surface area (TPSA) is 72.0 Å². The van der Waals surface area contributed by atoms with E-state index in [1.165, 1.54) is 25.7 Å². The van der Waals surface area contributed by atoms with Crippen molar-refractivity contribution in [3.63, 3.8) is 0 Å². The Bertz CT molecular complexity index is 629. The number of nitrogens with one attached hydrogen (secondary N) is 1. The van der Waals surface area contributed by atoms with Gasteiger partial charge in [0, 0.05) is 11.6 Å². The Kier molecular flexibility index (Phi) is 6.30. The first kappa shape index (κ1) is 18.9. The summed E-state index contributed by atoms with van der Waals surface area (Å²) >= 11 is 0. The summed E-state index contributed by atoms with van der Waals surface area (Å²) in [5.74, 6) is 2.28. The minimum Gasteiger partial charge on any atom is -0.462 e. The molecule has 0 unspecified atom stereocenters. The molecule has 0 aliphatic heterocycles. The predicted molar refractivity (Wildman–Crippen MR) is 101 cm³/mol. The van der Waals surface area contributed by atoms with Crippen molar-refractivity contribution in [2.75, 3.05) is 18.5 Å². The number of esters is 1. The number of carbonyl (C=O) groups is 2. The van der Waals surface area contributed by atoms with E-state index < -0.39 is 0 Å². The van der Waals surface area contributed by atoms with Gasteiger partial charge in [-0.05, 0) is 68.7 Å². The van der Waals surface area contributed by atoms with Crippen molar-refractivity contribution in [1.82, 2.24) is 0 Å². The number of amides is 1. The number of anilines is 1. The van der Waals surface area contributed by atoms with Gasteiger partial charge in [-0.15, -0.1) is 0 Å². The number of hydrogen-bond donors (Lipinski definition) is 2. The molecule has 0 radical (unpaired) electrons. The molecule has 2 fully saturated rings. The average molecular weight is 359 g/mol. The smallest absolute Gasteiger partial charge is 0.338 e. The number of rotatable bonds is 8. The molecule has 1 amide bonds. The highest BCUT2D eigenvalue weighted by molar-refractivity contribution is 5.93. The summed E-state index contributed by atoms with van der Waals surface area (Å²) in [6, 6.07) is 7.39. The Hall–Kier alpha value is -1.88. The molecule has 1 aromatic rings. The lowest BCUT2D eigenvalue weighted by molar-refractivity contribution is -0.683. The van der Waals surface area contributed by atoms with Crippen molar-refractivity contribution in [2.45, 2.75) is 52.0 Å². The standard InChI is InChI=1S/C21H30N2O3/c1-3-10-26-21(25)16-6-8-18(9-7-16)23-20(24)13-22-14(2)19-12-15-4-5-17(19)11-15/h6-9,14-15,17,19,22H,3-5,10-13H2,1-2H3,(H,23,24)/p+1/t14-,15+,17-,19-/m1/s1. The van der Waals surface area contributed by atoms with E-state index in [9.17, 15) is 9.59 Å². The van der Waals surface area contributed by atoms with Gasteiger partial charge in [-0.2, -0.15) is 0 Å². The van der Waals surface area contributed by atoms with Crippen LogP contribution < -0.4 is 10.6 Å². The molecule has 5 heteroatoms. The molecule has 0 heterocycles. The first-order chi connectivity index (χ1) is 12.6. The fraction of sp³-hybridized carbons (Fsp3) is 0.619. The number of carbonyl (C=O) groups excluding carboxylic acids is 2. The second-order valence-electron chi connectivity index (χ2n) is 7.90. The molecule has 0 aromatic heterocycles. The fourth-order valence-corrected chi connectivity index (χ4v) is 4.59. The molecule has 2 aliphatic rings. The third kappa shape index (κ3) is 4.64.